The number of nitrogens with zero attached hydrogens (tertiary/aromatic N) is 2. The quantitative estimate of drug-likeness (QED) is 0.761. The molecule has 0 radical (unpaired) electrons. The van der Waals surface area contributed by atoms with Crippen molar-refractivity contribution in [1.82, 2.24) is 0 Å². The smallest absolute Gasteiger partial charge is 0.311 e. The first-order chi connectivity index (χ1) is 13.8. The van der Waals surface area contributed by atoms with E-state index in [0.717, 1.165) is 16.9 Å². The molecule has 7 heteroatoms. The lowest BCUT2D eigenvalue weighted by Crippen LogP contribution is -2.28. The Morgan fingerprint density at radius 2 is 1.76 bits per heavy atom. The Morgan fingerprint density at radius 1 is 1.10 bits per heavy atom. The normalized spacial score (nSPS) is 15.9. The molecule has 3 rings (SSSR count). The number of ether oxygens (including phenoxy) is 1. The van der Waals surface area contributed by atoms with Gasteiger partial charge in [0, 0.05) is 44.1 Å². The standard InChI is InChI=1S/C22H25N3O4/c1-15-4-8-19(9-5-15)25-13-16(12-21(25)27)22(28)29-14-20(26)23-17-6-10-18(11-7-17)24(2)3/h4-11,16H,12-14H2,1-3H3,(H,23,26)/t16-/m1/s1. The fraction of sp³-hybridized carbons (Fsp3) is 0.318. The summed E-state index contributed by atoms with van der Waals surface area (Å²) in [6, 6.07) is 14.9. The number of carbonyl (C=O) groups excluding carboxylic acids is 3. The molecule has 1 atom stereocenters. The summed E-state index contributed by atoms with van der Waals surface area (Å²) in [5, 5.41) is 2.69. The molecule has 7 nitrogen and oxygen atoms in total. The van der Waals surface area contributed by atoms with E-state index in [1.165, 1.54) is 0 Å². The highest BCUT2D eigenvalue weighted by molar-refractivity contribution is 6.00. The number of hydrogen-bond donors (Lipinski definition) is 1. The van der Waals surface area contributed by atoms with Crippen molar-refractivity contribution in [3.63, 3.8) is 0 Å². The number of anilines is 3. The van der Waals surface area contributed by atoms with Crippen LogP contribution in [0.2, 0.25) is 0 Å². The molecule has 1 N–H and O–H groups in total. The molecule has 1 aliphatic heterocycles. The van der Waals surface area contributed by atoms with Gasteiger partial charge in [-0.15, -0.1) is 0 Å². The lowest BCUT2D eigenvalue weighted by atomic mass is 10.1. The van der Waals surface area contributed by atoms with E-state index >= 15 is 0 Å². The molecule has 0 bridgehead atoms. The molecule has 0 aromatic heterocycles. The molecule has 29 heavy (non-hydrogen) atoms. The van der Waals surface area contributed by atoms with E-state index in [0.29, 0.717) is 5.69 Å². The van der Waals surface area contributed by atoms with Crippen LogP contribution >= 0.6 is 0 Å². The van der Waals surface area contributed by atoms with Crippen LogP contribution in [0, 0.1) is 12.8 Å². The second kappa shape index (κ2) is 8.77. The number of nitrogens with one attached hydrogen (secondary N) is 1. The van der Waals surface area contributed by atoms with Crippen LogP contribution < -0.4 is 15.1 Å². The van der Waals surface area contributed by atoms with Crippen LogP contribution in [-0.2, 0) is 19.1 Å². The highest BCUT2D eigenvalue weighted by atomic mass is 16.5. The molecular formula is C22H25N3O4. The molecule has 0 aliphatic carbocycles. The number of esters is 1. The van der Waals surface area contributed by atoms with Crippen molar-refractivity contribution in [1.29, 1.82) is 0 Å². The third-order valence-corrected chi connectivity index (χ3v) is 4.82. The summed E-state index contributed by atoms with van der Waals surface area (Å²) in [4.78, 5) is 40.2. The summed E-state index contributed by atoms with van der Waals surface area (Å²) in [5.74, 6) is -1.65. The van der Waals surface area contributed by atoms with Crippen molar-refractivity contribution >= 4 is 34.8 Å². The Morgan fingerprint density at radius 3 is 2.38 bits per heavy atom. The van der Waals surface area contributed by atoms with Gasteiger partial charge in [0.2, 0.25) is 5.91 Å². The summed E-state index contributed by atoms with van der Waals surface area (Å²) in [6.07, 6.45) is 0.0837. The van der Waals surface area contributed by atoms with Crippen LogP contribution in [0.3, 0.4) is 0 Å². The maximum absolute atomic E-state index is 12.3. The Bertz CT molecular complexity index is 891. The van der Waals surface area contributed by atoms with Crippen LogP contribution in [0.1, 0.15) is 12.0 Å². The van der Waals surface area contributed by atoms with E-state index < -0.39 is 17.8 Å². The number of aryl methyl sites for hydroxylation is 1. The van der Waals surface area contributed by atoms with Gasteiger partial charge in [-0.3, -0.25) is 14.4 Å². The van der Waals surface area contributed by atoms with Crippen molar-refractivity contribution in [2.75, 3.05) is 42.4 Å². The fourth-order valence-electron chi connectivity index (χ4n) is 3.13. The number of hydrogen-bond acceptors (Lipinski definition) is 5. The third-order valence-electron chi connectivity index (χ3n) is 4.82. The Hall–Kier alpha value is -3.35. The highest BCUT2D eigenvalue weighted by Crippen LogP contribution is 2.26. The summed E-state index contributed by atoms with van der Waals surface area (Å²) in [5.41, 5.74) is 3.49. The molecule has 1 fully saturated rings. The summed E-state index contributed by atoms with van der Waals surface area (Å²) >= 11 is 0. The molecule has 1 aliphatic rings. The largest absolute Gasteiger partial charge is 0.455 e. The van der Waals surface area contributed by atoms with Crippen LogP contribution in [0.5, 0.6) is 0 Å². The fourth-order valence-corrected chi connectivity index (χ4v) is 3.13. The first kappa shape index (κ1) is 20.4. The maximum atomic E-state index is 12.3. The van der Waals surface area contributed by atoms with Gasteiger partial charge in [-0.1, -0.05) is 17.7 Å². The minimum Gasteiger partial charge on any atom is -0.455 e. The van der Waals surface area contributed by atoms with Crippen LogP contribution in [0.25, 0.3) is 0 Å². The third kappa shape index (κ3) is 5.13. The zero-order valence-electron chi connectivity index (χ0n) is 16.8. The Balaban J connectivity index is 1.49. The molecule has 0 saturated carbocycles. The molecule has 152 valence electrons. The van der Waals surface area contributed by atoms with Gasteiger partial charge in [-0.25, -0.2) is 0 Å². The number of amides is 2. The molecule has 2 aromatic rings. The van der Waals surface area contributed by atoms with Crippen LogP contribution in [0.15, 0.2) is 48.5 Å². The summed E-state index contributed by atoms with van der Waals surface area (Å²) < 4.78 is 5.14. The lowest BCUT2D eigenvalue weighted by Gasteiger charge is -2.16. The van der Waals surface area contributed by atoms with Crippen molar-refractivity contribution in [3.8, 4) is 0 Å². The van der Waals surface area contributed by atoms with E-state index in [-0.39, 0.29) is 25.5 Å². The number of benzene rings is 2. The monoisotopic (exact) mass is 395 g/mol. The average Bonchev–Trinajstić information content (AvgIpc) is 3.09. The molecule has 0 spiro atoms. The number of rotatable bonds is 6. The SMILES string of the molecule is Cc1ccc(N2C[C@H](C(=O)OCC(=O)Nc3ccc(N(C)C)cc3)CC2=O)cc1. The van der Waals surface area contributed by atoms with Gasteiger partial charge >= 0.3 is 5.97 Å². The minimum atomic E-state index is -0.573. The first-order valence-electron chi connectivity index (χ1n) is 9.44. The molecule has 2 aromatic carbocycles. The van der Waals surface area contributed by atoms with Gasteiger partial charge in [0.05, 0.1) is 5.92 Å². The van der Waals surface area contributed by atoms with Crippen LogP contribution in [0.4, 0.5) is 17.1 Å². The van der Waals surface area contributed by atoms with E-state index in [2.05, 4.69) is 5.32 Å². The predicted octanol–water partition coefficient (Wildman–Crippen LogP) is 2.60. The summed E-state index contributed by atoms with van der Waals surface area (Å²) in [6.45, 7) is 1.84. The van der Waals surface area contributed by atoms with E-state index in [4.69, 9.17) is 4.74 Å². The van der Waals surface area contributed by atoms with Gasteiger partial charge in [-0.2, -0.15) is 0 Å². The van der Waals surface area contributed by atoms with Crippen molar-refractivity contribution in [2.24, 2.45) is 5.92 Å². The van der Waals surface area contributed by atoms with E-state index in [1.807, 2.05) is 62.3 Å². The Labute approximate surface area is 170 Å². The second-order valence-electron chi connectivity index (χ2n) is 7.34. The highest BCUT2D eigenvalue weighted by Gasteiger charge is 2.36. The topological polar surface area (TPSA) is 79.0 Å². The van der Waals surface area contributed by atoms with Gasteiger partial charge in [-0.05, 0) is 43.3 Å². The van der Waals surface area contributed by atoms with Gasteiger partial charge < -0.3 is 19.9 Å². The minimum absolute atomic E-state index is 0.0837. The maximum Gasteiger partial charge on any atom is 0.311 e. The second-order valence-corrected chi connectivity index (χ2v) is 7.34. The lowest BCUT2D eigenvalue weighted by molar-refractivity contribution is -0.151. The van der Waals surface area contributed by atoms with Crippen molar-refractivity contribution < 1.29 is 19.1 Å². The summed E-state index contributed by atoms with van der Waals surface area (Å²) in [7, 11) is 3.86. The zero-order chi connectivity index (χ0) is 21.0. The predicted molar refractivity (Wildman–Crippen MR) is 112 cm³/mol. The molecule has 1 heterocycles. The number of carbonyl (C=O) groups is 3. The van der Waals surface area contributed by atoms with Crippen molar-refractivity contribution in [3.05, 3.63) is 54.1 Å². The van der Waals surface area contributed by atoms with E-state index in [1.54, 1.807) is 17.0 Å². The van der Waals surface area contributed by atoms with Crippen LogP contribution in [-0.4, -0.2) is 45.0 Å². The molecule has 1 saturated heterocycles. The van der Waals surface area contributed by atoms with Gasteiger partial charge in [0.15, 0.2) is 6.61 Å². The van der Waals surface area contributed by atoms with Crippen molar-refractivity contribution in [2.45, 2.75) is 13.3 Å². The van der Waals surface area contributed by atoms with E-state index in [9.17, 15) is 14.4 Å². The van der Waals surface area contributed by atoms with Gasteiger partial charge in [0.1, 0.15) is 0 Å². The zero-order valence-corrected chi connectivity index (χ0v) is 16.8. The van der Waals surface area contributed by atoms with Gasteiger partial charge in [0.25, 0.3) is 5.91 Å². The molecular weight excluding hydrogens is 370 g/mol. The molecule has 0 unspecified atom stereocenters. The Kier molecular flexibility index (Phi) is 6.16. The average molecular weight is 395 g/mol. The first-order valence-corrected chi connectivity index (χ1v) is 9.44. The molecule has 2 amide bonds.